The van der Waals surface area contributed by atoms with Gasteiger partial charge in [0.1, 0.15) is 11.4 Å². The Balaban J connectivity index is 1.74. The second-order valence-electron chi connectivity index (χ2n) is 7.39. The lowest BCUT2D eigenvalue weighted by Crippen LogP contribution is -2.54. The van der Waals surface area contributed by atoms with Gasteiger partial charge in [-0.1, -0.05) is 29.3 Å². The van der Waals surface area contributed by atoms with Crippen molar-refractivity contribution in [2.24, 2.45) is 0 Å². The maximum Gasteiger partial charge on any atom is 0.336 e. The van der Waals surface area contributed by atoms with Crippen molar-refractivity contribution < 1.29 is 18.8 Å². The largest absolute Gasteiger partial charge is 0.369 e. The number of imide groups is 2. The zero-order chi connectivity index (χ0) is 22.3. The maximum absolute atomic E-state index is 14.8. The number of hydrogen-bond donors (Lipinski definition) is 1. The number of barbiturate groups is 1. The van der Waals surface area contributed by atoms with Crippen molar-refractivity contribution in [2.75, 3.05) is 22.9 Å². The number of anilines is 2. The third kappa shape index (κ3) is 3.91. The Kier molecular flexibility index (Phi) is 5.73. The first kappa shape index (κ1) is 21.3. The molecule has 2 aliphatic rings. The van der Waals surface area contributed by atoms with Crippen molar-refractivity contribution in [3.05, 3.63) is 62.9 Å². The van der Waals surface area contributed by atoms with Crippen molar-refractivity contribution in [1.29, 1.82) is 0 Å². The average molecular weight is 462 g/mol. The minimum Gasteiger partial charge on any atom is -0.369 e. The van der Waals surface area contributed by atoms with Gasteiger partial charge >= 0.3 is 6.03 Å². The van der Waals surface area contributed by atoms with Crippen molar-refractivity contribution in [2.45, 2.75) is 19.8 Å². The van der Waals surface area contributed by atoms with Crippen LogP contribution in [0.2, 0.25) is 10.0 Å². The van der Waals surface area contributed by atoms with Crippen molar-refractivity contribution >= 4 is 58.5 Å². The maximum atomic E-state index is 14.8. The lowest BCUT2D eigenvalue weighted by molar-refractivity contribution is -0.122. The molecule has 0 saturated carbocycles. The van der Waals surface area contributed by atoms with Gasteiger partial charge < -0.3 is 4.90 Å². The number of halogens is 3. The molecule has 6 nitrogen and oxygen atoms in total. The van der Waals surface area contributed by atoms with Crippen LogP contribution in [-0.4, -0.2) is 30.9 Å². The fourth-order valence-corrected chi connectivity index (χ4v) is 4.11. The Morgan fingerprint density at radius 2 is 1.77 bits per heavy atom. The number of benzene rings is 2. The Hall–Kier alpha value is -2.90. The molecule has 0 aliphatic carbocycles. The van der Waals surface area contributed by atoms with Crippen LogP contribution in [0.25, 0.3) is 6.08 Å². The summed E-state index contributed by atoms with van der Waals surface area (Å²) >= 11 is 12.2. The van der Waals surface area contributed by atoms with Gasteiger partial charge in [0.2, 0.25) is 0 Å². The van der Waals surface area contributed by atoms with Gasteiger partial charge in [0.05, 0.1) is 21.4 Å². The molecule has 4 rings (SSSR count). The quantitative estimate of drug-likeness (QED) is 0.530. The summed E-state index contributed by atoms with van der Waals surface area (Å²) in [6.45, 7) is 3.34. The molecule has 9 heteroatoms. The average Bonchev–Trinajstić information content (AvgIpc) is 3.25. The Labute approximate surface area is 188 Å². The molecule has 0 radical (unpaired) electrons. The summed E-state index contributed by atoms with van der Waals surface area (Å²) in [6, 6.07) is 6.53. The standard InChI is InChI=1S/C22H18Cl2FN3O3/c1-12-9-18(27-7-2-3-8-27)16(25)11-13(12)10-14-20(29)26-22(31)28(21(14)30)17-6-4-5-15(23)19(17)24/h4-6,9-11H,2-3,7-8H2,1H3,(H,26,29,31)/b14-10+. The second kappa shape index (κ2) is 8.32. The van der Waals surface area contributed by atoms with E-state index in [1.165, 1.54) is 30.3 Å². The number of rotatable bonds is 3. The van der Waals surface area contributed by atoms with Crippen molar-refractivity contribution in [3.8, 4) is 0 Å². The summed E-state index contributed by atoms with van der Waals surface area (Å²) in [5.41, 5.74) is 1.29. The summed E-state index contributed by atoms with van der Waals surface area (Å²) in [6.07, 6.45) is 3.30. The van der Waals surface area contributed by atoms with Crippen LogP contribution in [0, 0.1) is 12.7 Å². The number of hydrogen-bond acceptors (Lipinski definition) is 4. The van der Waals surface area contributed by atoms with Crippen LogP contribution in [0.3, 0.4) is 0 Å². The molecular weight excluding hydrogens is 444 g/mol. The molecule has 4 amide bonds. The third-order valence-electron chi connectivity index (χ3n) is 5.36. The Bertz CT molecular complexity index is 1140. The van der Waals surface area contributed by atoms with Crippen LogP contribution in [0.15, 0.2) is 35.9 Å². The van der Waals surface area contributed by atoms with Gasteiger partial charge in [0.15, 0.2) is 0 Å². The molecule has 0 atom stereocenters. The molecule has 2 saturated heterocycles. The molecule has 0 spiro atoms. The molecule has 31 heavy (non-hydrogen) atoms. The minimum atomic E-state index is -0.941. The number of aryl methyl sites for hydroxylation is 1. The lowest BCUT2D eigenvalue weighted by atomic mass is 10.0. The van der Waals surface area contributed by atoms with Gasteiger partial charge in [-0.3, -0.25) is 14.9 Å². The third-order valence-corrected chi connectivity index (χ3v) is 6.16. The highest BCUT2D eigenvalue weighted by atomic mass is 35.5. The van der Waals surface area contributed by atoms with Gasteiger partial charge in [-0.15, -0.1) is 0 Å². The summed E-state index contributed by atoms with van der Waals surface area (Å²) in [5.74, 6) is -2.18. The first-order chi connectivity index (χ1) is 14.8. The zero-order valence-corrected chi connectivity index (χ0v) is 18.1. The molecule has 0 bridgehead atoms. The van der Waals surface area contributed by atoms with Crippen molar-refractivity contribution in [3.63, 3.8) is 0 Å². The summed E-state index contributed by atoms with van der Waals surface area (Å²) in [7, 11) is 0. The topological polar surface area (TPSA) is 69.7 Å². The molecule has 2 aromatic carbocycles. The van der Waals surface area contributed by atoms with Gasteiger partial charge in [-0.05, 0) is 61.2 Å². The van der Waals surface area contributed by atoms with Gasteiger partial charge in [0, 0.05) is 13.1 Å². The fraction of sp³-hybridized carbons (Fsp3) is 0.227. The first-order valence-corrected chi connectivity index (χ1v) is 10.4. The van der Waals surface area contributed by atoms with Gasteiger partial charge in [-0.25, -0.2) is 14.1 Å². The zero-order valence-electron chi connectivity index (χ0n) is 16.5. The van der Waals surface area contributed by atoms with E-state index >= 15 is 0 Å². The van der Waals surface area contributed by atoms with Gasteiger partial charge in [0.25, 0.3) is 11.8 Å². The van der Waals surface area contributed by atoms with Crippen LogP contribution < -0.4 is 15.1 Å². The van der Waals surface area contributed by atoms with E-state index in [-0.39, 0.29) is 21.3 Å². The number of nitrogens with one attached hydrogen (secondary N) is 1. The van der Waals surface area contributed by atoms with E-state index in [9.17, 15) is 18.8 Å². The van der Waals surface area contributed by atoms with Crippen LogP contribution in [0.5, 0.6) is 0 Å². The monoisotopic (exact) mass is 461 g/mol. The molecular formula is C22H18Cl2FN3O3. The highest BCUT2D eigenvalue weighted by Crippen LogP contribution is 2.35. The predicted molar refractivity (Wildman–Crippen MR) is 118 cm³/mol. The molecule has 1 N–H and O–H groups in total. The molecule has 2 aliphatic heterocycles. The van der Waals surface area contributed by atoms with E-state index in [4.69, 9.17) is 23.2 Å². The van der Waals surface area contributed by atoms with Crippen molar-refractivity contribution in [1.82, 2.24) is 5.32 Å². The minimum absolute atomic E-state index is 0.00134. The van der Waals surface area contributed by atoms with E-state index < -0.39 is 23.7 Å². The molecule has 160 valence electrons. The van der Waals surface area contributed by atoms with Crippen LogP contribution in [-0.2, 0) is 9.59 Å². The van der Waals surface area contributed by atoms with E-state index in [0.717, 1.165) is 30.8 Å². The number of amides is 4. The fourth-order valence-electron chi connectivity index (χ4n) is 3.73. The molecule has 2 heterocycles. The summed E-state index contributed by atoms with van der Waals surface area (Å²) in [5, 5.41) is 2.27. The smallest absolute Gasteiger partial charge is 0.336 e. The predicted octanol–water partition coefficient (Wildman–Crippen LogP) is 4.71. The second-order valence-corrected chi connectivity index (χ2v) is 8.17. The highest BCUT2D eigenvalue weighted by Gasteiger charge is 2.38. The van der Waals surface area contributed by atoms with E-state index in [0.29, 0.717) is 16.8 Å². The van der Waals surface area contributed by atoms with Crippen LogP contribution >= 0.6 is 23.2 Å². The number of carbonyl (C=O) groups excluding carboxylic acids is 3. The molecule has 2 fully saturated rings. The summed E-state index contributed by atoms with van der Waals surface area (Å²) < 4.78 is 14.8. The van der Waals surface area contributed by atoms with Crippen LogP contribution in [0.1, 0.15) is 24.0 Å². The Morgan fingerprint density at radius 1 is 1.06 bits per heavy atom. The SMILES string of the molecule is Cc1cc(N2CCCC2)c(F)cc1/C=C1\C(=O)NC(=O)N(c2cccc(Cl)c2Cl)C1=O. The highest BCUT2D eigenvalue weighted by molar-refractivity contribution is 6.46. The Morgan fingerprint density at radius 3 is 2.48 bits per heavy atom. The number of nitrogens with zero attached hydrogens (tertiary/aromatic N) is 2. The van der Waals surface area contributed by atoms with E-state index in [1.807, 2.05) is 4.90 Å². The summed E-state index contributed by atoms with van der Waals surface area (Å²) in [4.78, 5) is 40.6. The first-order valence-electron chi connectivity index (χ1n) is 9.68. The van der Waals surface area contributed by atoms with E-state index in [2.05, 4.69) is 5.32 Å². The number of urea groups is 1. The molecule has 0 unspecified atom stereocenters. The lowest BCUT2D eigenvalue weighted by Gasteiger charge is -2.27. The normalized spacial score (nSPS) is 18.2. The van der Waals surface area contributed by atoms with Gasteiger partial charge in [-0.2, -0.15) is 0 Å². The molecule has 0 aromatic heterocycles. The van der Waals surface area contributed by atoms with Crippen LogP contribution in [0.4, 0.5) is 20.6 Å². The molecule has 2 aromatic rings. The number of carbonyl (C=O) groups is 3. The van der Waals surface area contributed by atoms with E-state index in [1.54, 1.807) is 13.0 Å².